The van der Waals surface area contributed by atoms with Gasteiger partial charge < -0.3 is 5.11 Å². The largest absolute Gasteiger partial charge is 0.478 e. The highest BCUT2D eigenvalue weighted by atomic mass is 35.5. The zero-order valence-corrected chi connectivity index (χ0v) is 11.4. The van der Waals surface area contributed by atoms with E-state index in [1.54, 1.807) is 19.1 Å². The monoisotopic (exact) mass is 284 g/mol. The van der Waals surface area contributed by atoms with Crippen molar-refractivity contribution in [3.05, 3.63) is 40.4 Å². The molecule has 3 nitrogen and oxygen atoms in total. The summed E-state index contributed by atoms with van der Waals surface area (Å²) >= 11 is 7.12. The van der Waals surface area contributed by atoms with Gasteiger partial charge in [-0.3, -0.25) is 4.79 Å². The Balaban J connectivity index is 2.58. The van der Waals surface area contributed by atoms with E-state index in [2.05, 4.69) is 0 Å². The van der Waals surface area contributed by atoms with Crippen molar-refractivity contribution in [1.82, 2.24) is 0 Å². The molecular weight excluding hydrogens is 272 g/mol. The van der Waals surface area contributed by atoms with Gasteiger partial charge in [-0.25, -0.2) is 4.79 Å². The van der Waals surface area contributed by atoms with Gasteiger partial charge in [0.2, 0.25) is 0 Å². The van der Waals surface area contributed by atoms with E-state index in [4.69, 9.17) is 16.7 Å². The van der Waals surface area contributed by atoms with Crippen molar-refractivity contribution in [3.63, 3.8) is 0 Å². The van der Waals surface area contributed by atoms with Crippen molar-refractivity contribution < 1.29 is 14.7 Å². The lowest BCUT2D eigenvalue weighted by molar-refractivity contribution is -0.109. The highest BCUT2D eigenvalue weighted by Crippen LogP contribution is 2.19. The number of allylic oxidation sites excluding steroid dienone is 1. The molecule has 1 rings (SSSR count). The molecule has 0 radical (unpaired) electrons. The van der Waals surface area contributed by atoms with Crippen LogP contribution in [0.15, 0.2) is 24.3 Å². The third-order valence-corrected chi connectivity index (χ3v) is 3.28. The summed E-state index contributed by atoms with van der Waals surface area (Å²) in [6, 6.07) is 4.79. The zero-order valence-electron chi connectivity index (χ0n) is 9.85. The molecule has 0 aliphatic carbocycles. The van der Waals surface area contributed by atoms with Gasteiger partial charge in [0.25, 0.3) is 0 Å². The third kappa shape index (κ3) is 4.94. The first kappa shape index (κ1) is 14.8. The van der Waals surface area contributed by atoms with Crippen LogP contribution in [0.4, 0.5) is 0 Å². The molecule has 5 heteroatoms. The van der Waals surface area contributed by atoms with Gasteiger partial charge in [0.05, 0.1) is 10.6 Å². The van der Waals surface area contributed by atoms with Crippen molar-refractivity contribution in [2.24, 2.45) is 0 Å². The molecule has 1 N–H and O–H groups in total. The molecular formula is C13H13ClO3S. The highest BCUT2D eigenvalue weighted by molar-refractivity contribution is 8.13. The van der Waals surface area contributed by atoms with E-state index < -0.39 is 5.97 Å². The number of carboxylic acid groups (broad SMARTS) is 1. The maximum absolute atomic E-state index is 10.8. The Bertz CT molecular complexity index is 483. The van der Waals surface area contributed by atoms with E-state index in [0.29, 0.717) is 0 Å². The fourth-order valence-electron chi connectivity index (χ4n) is 1.30. The minimum absolute atomic E-state index is 0.0981. The van der Waals surface area contributed by atoms with Crippen LogP contribution in [0.3, 0.4) is 0 Å². The third-order valence-electron chi connectivity index (χ3n) is 2.12. The summed E-state index contributed by atoms with van der Waals surface area (Å²) in [5.74, 6) is -0.291. The molecule has 0 amide bonds. The van der Waals surface area contributed by atoms with Crippen LogP contribution >= 0.6 is 23.4 Å². The summed E-state index contributed by atoms with van der Waals surface area (Å²) in [6.07, 6.45) is 4.57. The Kier molecular flexibility index (Phi) is 5.95. The molecule has 0 aliphatic heterocycles. The Morgan fingerprint density at radius 1 is 1.44 bits per heavy atom. The minimum Gasteiger partial charge on any atom is -0.478 e. The fourth-order valence-corrected chi connectivity index (χ4v) is 2.11. The second-order valence-corrected chi connectivity index (χ2v) is 5.25. The molecule has 18 heavy (non-hydrogen) atoms. The summed E-state index contributed by atoms with van der Waals surface area (Å²) in [4.78, 5) is 21.4. The quantitative estimate of drug-likeness (QED) is 0.837. The average molecular weight is 285 g/mol. The first-order valence-electron chi connectivity index (χ1n) is 5.33. The van der Waals surface area contributed by atoms with E-state index in [1.807, 2.05) is 12.2 Å². The number of thioether (sulfide) groups is 1. The highest BCUT2D eigenvalue weighted by Gasteiger charge is 2.07. The number of carbonyl (C=O) groups is 2. The van der Waals surface area contributed by atoms with Crippen molar-refractivity contribution in [3.8, 4) is 0 Å². The minimum atomic E-state index is -1.03. The maximum atomic E-state index is 10.8. The number of carbonyl (C=O) groups excluding carboxylic acids is 1. The molecule has 1 aromatic rings. The molecule has 0 aliphatic rings. The van der Waals surface area contributed by atoms with Crippen LogP contribution in [-0.2, 0) is 4.79 Å². The van der Waals surface area contributed by atoms with Gasteiger partial charge in [-0.15, -0.1) is 0 Å². The number of carboxylic acids is 1. The van der Waals surface area contributed by atoms with E-state index in [-0.39, 0.29) is 15.7 Å². The Morgan fingerprint density at radius 2 is 2.17 bits per heavy atom. The predicted octanol–water partition coefficient (Wildman–Crippen LogP) is 3.72. The van der Waals surface area contributed by atoms with Gasteiger partial charge >= 0.3 is 5.97 Å². The maximum Gasteiger partial charge on any atom is 0.337 e. The lowest BCUT2D eigenvalue weighted by atomic mass is 10.1. The zero-order chi connectivity index (χ0) is 13.5. The molecule has 0 saturated heterocycles. The topological polar surface area (TPSA) is 54.4 Å². The molecule has 0 unspecified atom stereocenters. The molecule has 0 aromatic heterocycles. The molecule has 1 aromatic carbocycles. The Morgan fingerprint density at radius 3 is 2.72 bits per heavy atom. The lowest BCUT2D eigenvalue weighted by Crippen LogP contribution is -1.96. The van der Waals surface area contributed by atoms with Gasteiger partial charge in [0.1, 0.15) is 0 Å². The first-order valence-corrected chi connectivity index (χ1v) is 6.70. The average Bonchev–Trinajstić information content (AvgIpc) is 2.27. The van der Waals surface area contributed by atoms with E-state index in [1.165, 1.54) is 17.8 Å². The van der Waals surface area contributed by atoms with Crippen LogP contribution in [0.25, 0.3) is 6.08 Å². The second kappa shape index (κ2) is 7.24. The van der Waals surface area contributed by atoms with Crippen LogP contribution < -0.4 is 0 Å². The summed E-state index contributed by atoms with van der Waals surface area (Å²) in [5, 5.41) is 9.15. The van der Waals surface area contributed by atoms with Crippen molar-refractivity contribution in [2.75, 3.05) is 5.75 Å². The van der Waals surface area contributed by atoms with Crippen LogP contribution in [0, 0.1) is 0 Å². The van der Waals surface area contributed by atoms with Crippen LogP contribution in [0.5, 0.6) is 0 Å². The number of hydrogen-bond acceptors (Lipinski definition) is 3. The predicted molar refractivity (Wildman–Crippen MR) is 75.2 cm³/mol. The van der Waals surface area contributed by atoms with Crippen LogP contribution in [0.1, 0.15) is 29.3 Å². The van der Waals surface area contributed by atoms with Crippen LogP contribution in [-0.4, -0.2) is 21.9 Å². The lowest BCUT2D eigenvalue weighted by Gasteiger charge is -2.00. The fraction of sp³-hybridized carbons (Fsp3) is 0.231. The van der Waals surface area contributed by atoms with Gasteiger partial charge in [-0.05, 0) is 24.1 Å². The van der Waals surface area contributed by atoms with Gasteiger partial charge in [0.15, 0.2) is 5.12 Å². The summed E-state index contributed by atoms with van der Waals surface area (Å²) in [5.41, 5.74) is 0.943. The summed E-state index contributed by atoms with van der Waals surface area (Å²) < 4.78 is 0. The SMILES string of the molecule is CC(=O)SCCC=Cc1ccc(C(=O)O)c(Cl)c1. The Hall–Kier alpha value is -1.26. The van der Waals surface area contributed by atoms with E-state index in [0.717, 1.165) is 17.7 Å². The first-order chi connectivity index (χ1) is 8.50. The molecule has 0 fully saturated rings. The van der Waals surface area contributed by atoms with E-state index in [9.17, 15) is 9.59 Å². The van der Waals surface area contributed by atoms with Gasteiger partial charge in [-0.2, -0.15) is 0 Å². The molecule has 0 spiro atoms. The number of halogens is 1. The molecule has 0 saturated carbocycles. The summed E-state index contributed by atoms with van der Waals surface area (Å²) in [6.45, 7) is 1.54. The molecule has 96 valence electrons. The molecule has 0 bridgehead atoms. The number of aromatic carboxylic acids is 1. The Labute approximate surface area is 115 Å². The van der Waals surface area contributed by atoms with Gasteiger partial charge in [-0.1, -0.05) is 41.6 Å². The molecule has 0 heterocycles. The normalized spacial score (nSPS) is 10.8. The van der Waals surface area contributed by atoms with E-state index >= 15 is 0 Å². The van der Waals surface area contributed by atoms with Crippen molar-refractivity contribution >= 4 is 40.5 Å². The van der Waals surface area contributed by atoms with Gasteiger partial charge in [0, 0.05) is 12.7 Å². The molecule has 0 atom stereocenters. The van der Waals surface area contributed by atoms with Crippen molar-refractivity contribution in [1.29, 1.82) is 0 Å². The van der Waals surface area contributed by atoms with Crippen LogP contribution in [0.2, 0.25) is 5.02 Å². The smallest absolute Gasteiger partial charge is 0.337 e. The number of rotatable bonds is 5. The van der Waals surface area contributed by atoms with Crippen molar-refractivity contribution in [2.45, 2.75) is 13.3 Å². The second-order valence-electron chi connectivity index (χ2n) is 3.58. The number of benzene rings is 1. The standard InChI is InChI=1S/C13H13ClO3S/c1-9(15)18-7-3-2-4-10-5-6-11(13(16)17)12(14)8-10/h2,4-6,8H,3,7H2,1H3,(H,16,17). The summed E-state index contributed by atoms with van der Waals surface area (Å²) in [7, 11) is 0. The number of hydrogen-bond donors (Lipinski definition) is 1.